The van der Waals surface area contributed by atoms with E-state index in [0.717, 1.165) is 25.9 Å². The molecule has 0 aliphatic rings. The molecule has 1 heterocycles. The first-order chi connectivity index (χ1) is 8.31. The van der Waals surface area contributed by atoms with Gasteiger partial charge in [0, 0.05) is 26.0 Å². The fraction of sp³-hybridized carbons (Fsp3) is 0.545. The molecule has 0 spiro atoms. The summed E-state index contributed by atoms with van der Waals surface area (Å²) < 4.78 is 5.23. The van der Waals surface area contributed by atoms with Gasteiger partial charge in [-0.2, -0.15) is 0 Å². The van der Waals surface area contributed by atoms with Crippen LogP contribution in [0.1, 0.15) is 23.7 Å². The first-order valence-electron chi connectivity index (χ1n) is 5.49. The normalized spacial score (nSPS) is 10.2. The Labute approximate surface area is 105 Å². The maximum Gasteiger partial charge on any atom is 0.189 e. The van der Waals surface area contributed by atoms with Crippen LogP contribution in [0.4, 0.5) is 5.82 Å². The molecule has 5 nitrogen and oxygen atoms in total. The molecule has 94 valence electrons. The van der Waals surface area contributed by atoms with Crippen molar-refractivity contribution in [3.8, 4) is 0 Å². The molecule has 0 aliphatic carbocycles. The number of nitrogens with zero attached hydrogens (tertiary/aromatic N) is 2. The predicted octanol–water partition coefficient (Wildman–Crippen LogP) is 1.85. The molecule has 17 heavy (non-hydrogen) atoms. The summed E-state index contributed by atoms with van der Waals surface area (Å²) in [6, 6.07) is 0. The minimum Gasteiger partial charge on any atom is -0.382 e. The van der Waals surface area contributed by atoms with Crippen molar-refractivity contribution in [3.05, 3.63) is 11.8 Å². The minimum atomic E-state index is 0.485. The molecule has 1 N–H and O–H groups in total. The van der Waals surface area contributed by atoms with E-state index in [1.807, 2.05) is 13.2 Å². The van der Waals surface area contributed by atoms with Gasteiger partial charge in [-0.25, -0.2) is 9.97 Å². The average Bonchev–Trinajstić information content (AvgIpc) is 2.38. The summed E-state index contributed by atoms with van der Waals surface area (Å²) in [4.78, 5) is 19.1. The Morgan fingerprint density at radius 3 is 3.06 bits per heavy atom. The summed E-state index contributed by atoms with van der Waals surface area (Å²) in [5.41, 5.74) is 0.485. The van der Waals surface area contributed by atoms with E-state index < -0.39 is 0 Å². The lowest BCUT2D eigenvalue weighted by Crippen LogP contribution is -2.09. The van der Waals surface area contributed by atoms with Gasteiger partial charge < -0.3 is 10.1 Å². The van der Waals surface area contributed by atoms with E-state index in [1.165, 1.54) is 18.0 Å². The van der Waals surface area contributed by atoms with E-state index in [4.69, 9.17) is 4.74 Å². The number of hydrogen-bond donors (Lipinski definition) is 1. The Hall–Kier alpha value is -1.14. The summed E-state index contributed by atoms with van der Waals surface area (Å²) in [7, 11) is 0. The highest BCUT2D eigenvalue weighted by atomic mass is 32.2. The van der Waals surface area contributed by atoms with Crippen molar-refractivity contribution in [1.82, 2.24) is 9.97 Å². The molecule has 0 atom stereocenters. The number of aromatic nitrogens is 2. The summed E-state index contributed by atoms with van der Waals surface area (Å²) in [5.74, 6) is 0.593. The molecule has 0 radical (unpaired) electrons. The molecule has 0 saturated heterocycles. The van der Waals surface area contributed by atoms with Crippen LogP contribution in [0.2, 0.25) is 0 Å². The molecule has 6 heteroatoms. The number of carbonyl (C=O) groups is 1. The van der Waals surface area contributed by atoms with Crippen molar-refractivity contribution in [2.24, 2.45) is 0 Å². The van der Waals surface area contributed by atoms with Crippen LogP contribution in [0.5, 0.6) is 0 Å². The number of rotatable bonds is 8. The third-order valence-corrected chi connectivity index (χ3v) is 2.63. The van der Waals surface area contributed by atoms with E-state index in [0.29, 0.717) is 23.1 Å². The second-order valence-corrected chi connectivity index (χ2v) is 4.03. The van der Waals surface area contributed by atoms with Crippen LogP contribution in [0.25, 0.3) is 0 Å². The molecule has 1 rings (SSSR count). The van der Waals surface area contributed by atoms with Gasteiger partial charge in [0.1, 0.15) is 5.82 Å². The van der Waals surface area contributed by atoms with Crippen molar-refractivity contribution in [2.45, 2.75) is 18.5 Å². The maximum atomic E-state index is 10.8. The lowest BCUT2D eigenvalue weighted by Gasteiger charge is -2.08. The third kappa shape index (κ3) is 4.70. The van der Waals surface area contributed by atoms with Gasteiger partial charge in [-0.3, -0.25) is 4.79 Å². The van der Waals surface area contributed by atoms with Gasteiger partial charge in [0.05, 0.1) is 5.56 Å². The Balaban J connectivity index is 2.52. The lowest BCUT2D eigenvalue weighted by molar-refractivity contribution is 0.112. The van der Waals surface area contributed by atoms with Gasteiger partial charge in [0.25, 0.3) is 0 Å². The largest absolute Gasteiger partial charge is 0.382 e. The minimum absolute atomic E-state index is 0.485. The van der Waals surface area contributed by atoms with Crippen molar-refractivity contribution < 1.29 is 9.53 Å². The molecule has 0 unspecified atom stereocenters. The highest BCUT2D eigenvalue weighted by Crippen LogP contribution is 2.14. The van der Waals surface area contributed by atoms with Crippen LogP contribution >= 0.6 is 11.8 Å². The molecular formula is C11H17N3O2S. The number of hydrogen-bond acceptors (Lipinski definition) is 6. The topological polar surface area (TPSA) is 64.1 Å². The fourth-order valence-electron chi connectivity index (χ4n) is 1.23. The van der Waals surface area contributed by atoms with E-state index in [9.17, 15) is 4.79 Å². The Bertz CT molecular complexity index is 361. The zero-order valence-electron chi connectivity index (χ0n) is 10.1. The lowest BCUT2D eigenvalue weighted by atomic mass is 10.3. The van der Waals surface area contributed by atoms with Gasteiger partial charge in [-0.15, -0.1) is 0 Å². The monoisotopic (exact) mass is 255 g/mol. The number of aldehydes is 1. The molecule has 0 aromatic carbocycles. The van der Waals surface area contributed by atoms with E-state index >= 15 is 0 Å². The third-order valence-electron chi connectivity index (χ3n) is 2.07. The summed E-state index contributed by atoms with van der Waals surface area (Å²) in [6.45, 7) is 4.13. The second kappa shape index (κ2) is 8.03. The summed E-state index contributed by atoms with van der Waals surface area (Å²) in [6.07, 6.45) is 5.07. The number of anilines is 1. The molecule has 0 aliphatic heterocycles. The first kappa shape index (κ1) is 13.9. The summed E-state index contributed by atoms with van der Waals surface area (Å²) >= 11 is 1.45. The quantitative estimate of drug-likeness (QED) is 0.331. The zero-order valence-corrected chi connectivity index (χ0v) is 10.9. The highest BCUT2D eigenvalue weighted by Gasteiger charge is 2.05. The SMILES string of the molecule is CCOCCCNc1nc(SC)ncc1C=O. The van der Waals surface area contributed by atoms with Crippen molar-refractivity contribution >= 4 is 23.9 Å². The number of ether oxygens (including phenoxy) is 1. The standard InChI is InChI=1S/C11H17N3O2S/c1-3-16-6-4-5-12-10-9(8-15)7-13-11(14-10)17-2/h7-8H,3-6H2,1-2H3,(H,12,13,14). The van der Waals surface area contributed by atoms with Gasteiger partial charge in [-0.1, -0.05) is 11.8 Å². The first-order valence-corrected chi connectivity index (χ1v) is 6.72. The molecule has 1 aromatic heterocycles. The number of carbonyl (C=O) groups excluding carboxylic acids is 1. The van der Waals surface area contributed by atoms with Gasteiger partial charge in [-0.05, 0) is 19.6 Å². The van der Waals surface area contributed by atoms with Gasteiger partial charge >= 0.3 is 0 Å². The molecule has 1 aromatic rings. The zero-order chi connectivity index (χ0) is 12.5. The number of thioether (sulfide) groups is 1. The average molecular weight is 255 g/mol. The van der Waals surface area contributed by atoms with E-state index in [-0.39, 0.29) is 0 Å². The van der Waals surface area contributed by atoms with E-state index in [1.54, 1.807) is 0 Å². The number of nitrogens with one attached hydrogen (secondary N) is 1. The van der Waals surface area contributed by atoms with Crippen LogP contribution in [-0.2, 0) is 4.74 Å². The van der Waals surface area contributed by atoms with Crippen molar-refractivity contribution in [1.29, 1.82) is 0 Å². The van der Waals surface area contributed by atoms with Crippen LogP contribution < -0.4 is 5.32 Å². The molecule has 0 saturated carbocycles. The second-order valence-electron chi connectivity index (χ2n) is 3.26. The maximum absolute atomic E-state index is 10.8. The van der Waals surface area contributed by atoms with Crippen LogP contribution in [-0.4, -0.2) is 42.3 Å². The smallest absolute Gasteiger partial charge is 0.189 e. The Kier molecular flexibility index (Phi) is 6.57. The highest BCUT2D eigenvalue weighted by molar-refractivity contribution is 7.98. The molecular weight excluding hydrogens is 238 g/mol. The van der Waals surface area contributed by atoms with Crippen molar-refractivity contribution in [2.75, 3.05) is 31.3 Å². The van der Waals surface area contributed by atoms with Crippen LogP contribution in [0.15, 0.2) is 11.4 Å². The van der Waals surface area contributed by atoms with Crippen LogP contribution in [0.3, 0.4) is 0 Å². The molecule has 0 amide bonds. The summed E-state index contributed by atoms with van der Waals surface area (Å²) in [5, 5.41) is 3.78. The Morgan fingerprint density at radius 1 is 1.59 bits per heavy atom. The van der Waals surface area contributed by atoms with E-state index in [2.05, 4.69) is 15.3 Å². The predicted molar refractivity (Wildman–Crippen MR) is 68.8 cm³/mol. The Morgan fingerprint density at radius 2 is 2.41 bits per heavy atom. The van der Waals surface area contributed by atoms with Crippen LogP contribution in [0, 0.1) is 0 Å². The molecule has 0 bridgehead atoms. The van der Waals surface area contributed by atoms with Gasteiger partial charge in [0.2, 0.25) is 0 Å². The molecule has 0 fully saturated rings. The van der Waals surface area contributed by atoms with Gasteiger partial charge in [0.15, 0.2) is 11.4 Å². The fourth-order valence-corrected chi connectivity index (χ4v) is 1.57. The van der Waals surface area contributed by atoms with Crippen molar-refractivity contribution in [3.63, 3.8) is 0 Å².